The molecule has 0 spiro atoms. The fourth-order valence-corrected chi connectivity index (χ4v) is 3.12. The lowest BCUT2D eigenvalue weighted by Gasteiger charge is -2.16. The molecule has 0 amide bonds. The van der Waals surface area contributed by atoms with Gasteiger partial charge in [0.25, 0.3) is 0 Å². The normalized spacial score (nSPS) is 22.2. The van der Waals surface area contributed by atoms with Crippen molar-refractivity contribution in [2.24, 2.45) is 16.7 Å². The predicted octanol–water partition coefficient (Wildman–Crippen LogP) is 3.86. The molecule has 1 saturated carbocycles. The molecule has 1 aliphatic rings. The van der Waals surface area contributed by atoms with Crippen LogP contribution in [-0.2, 0) is 0 Å². The monoisotopic (exact) mass is 265 g/mol. The van der Waals surface area contributed by atoms with E-state index in [1.807, 2.05) is 6.92 Å². The first-order valence-electron chi connectivity index (χ1n) is 6.89. The zero-order chi connectivity index (χ0) is 14.4. The summed E-state index contributed by atoms with van der Waals surface area (Å²) in [5, 5.41) is 13.2. The maximum absolute atomic E-state index is 13.2. The molecule has 2 N–H and O–H groups in total. The molecule has 19 heavy (non-hydrogen) atoms. The highest BCUT2D eigenvalue weighted by Gasteiger charge is 2.63. The number of hydrogen-bond donors (Lipinski definition) is 2. The van der Waals surface area contributed by atoms with E-state index >= 15 is 0 Å². The van der Waals surface area contributed by atoms with Gasteiger partial charge in [0.2, 0.25) is 0 Å². The topological polar surface area (TPSA) is 32.3 Å². The van der Waals surface area contributed by atoms with Crippen LogP contribution in [0.4, 0.5) is 4.39 Å². The molecule has 3 heteroatoms. The van der Waals surface area contributed by atoms with Crippen molar-refractivity contribution in [1.29, 1.82) is 0 Å². The van der Waals surface area contributed by atoms with Crippen molar-refractivity contribution < 1.29 is 9.50 Å². The minimum atomic E-state index is -0.312. The van der Waals surface area contributed by atoms with Crippen LogP contribution in [0.15, 0.2) is 18.2 Å². The van der Waals surface area contributed by atoms with E-state index in [1.54, 1.807) is 0 Å². The van der Waals surface area contributed by atoms with Crippen LogP contribution in [-0.4, -0.2) is 11.7 Å². The largest absolute Gasteiger partial charge is 0.508 e. The first-order chi connectivity index (χ1) is 8.68. The Hall–Kier alpha value is -1.09. The summed E-state index contributed by atoms with van der Waals surface area (Å²) in [7, 11) is 0. The average molecular weight is 265 g/mol. The van der Waals surface area contributed by atoms with Crippen molar-refractivity contribution in [3.05, 3.63) is 29.6 Å². The molecule has 0 saturated heterocycles. The summed E-state index contributed by atoms with van der Waals surface area (Å²) in [5.74, 6) is 0.447. The third-order valence-corrected chi connectivity index (χ3v) is 5.40. The Labute approximate surface area is 115 Å². The number of aromatic hydroxyl groups is 1. The summed E-state index contributed by atoms with van der Waals surface area (Å²) in [6.07, 6.45) is 0. The highest BCUT2D eigenvalue weighted by atomic mass is 19.1. The molecular weight excluding hydrogens is 241 g/mol. The molecule has 0 heterocycles. The lowest BCUT2D eigenvalue weighted by atomic mass is 10.0. The van der Waals surface area contributed by atoms with E-state index in [0.717, 1.165) is 6.54 Å². The molecule has 1 unspecified atom stereocenters. The number of rotatable bonds is 4. The fraction of sp³-hybridized carbons (Fsp3) is 0.625. The van der Waals surface area contributed by atoms with Crippen molar-refractivity contribution in [3.8, 4) is 5.75 Å². The van der Waals surface area contributed by atoms with Crippen molar-refractivity contribution in [2.45, 2.75) is 40.7 Å². The average Bonchev–Trinajstić information content (AvgIpc) is 2.70. The van der Waals surface area contributed by atoms with Gasteiger partial charge >= 0.3 is 0 Å². The van der Waals surface area contributed by atoms with Gasteiger partial charge in [0.15, 0.2) is 0 Å². The third-order valence-electron chi connectivity index (χ3n) is 5.40. The Bertz CT molecular complexity index is 468. The van der Waals surface area contributed by atoms with Gasteiger partial charge in [-0.2, -0.15) is 0 Å². The van der Waals surface area contributed by atoms with Crippen molar-refractivity contribution in [2.75, 3.05) is 6.54 Å². The van der Waals surface area contributed by atoms with Gasteiger partial charge in [-0.05, 0) is 48.4 Å². The summed E-state index contributed by atoms with van der Waals surface area (Å²) in [5.41, 5.74) is 1.30. The molecular formula is C16H24FNO. The summed E-state index contributed by atoms with van der Waals surface area (Å²) in [6.45, 7) is 12.0. The van der Waals surface area contributed by atoms with Crippen LogP contribution in [0.5, 0.6) is 5.75 Å². The van der Waals surface area contributed by atoms with Crippen LogP contribution < -0.4 is 5.32 Å². The van der Waals surface area contributed by atoms with Gasteiger partial charge in [0.1, 0.15) is 11.6 Å². The van der Waals surface area contributed by atoms with E-state index in [-0.39, 0.29) is 17.6 Å². The molecule has 0 radical (unpaired) electrons. The van der Waals surface area contributed by atoms with Gasteiger partial charge in [0, 0.05) is 11.6 Å². The number of phenols is 1. The zero-order valence-corrected chi connectivity index (χ0v) is 12.4. The number of nitrogens with one attached hydrogen (secondary N) is 1. The molecule has 0 bridgehead atoms. The molecule has 0 aromatic heterocycles. The molecule has 0 aliphatic heterocycles. The van der Waals surface area contributed by atoms with Gasteiger partial charge in [-0.3, -0.25) is 0 Å². The molecule has 1 aromatic rings. The second-order valence-corrected chi connectivity index (χ2v) is 6.83. The number of halogens is 1. The van der Waals surface area contributed by atoms with Gasteiger partial charge in [0.05, 0.1) is 0 Å². The van der Waals surface area contributed by atoms with Crippen molar-refractivity contribution >= 4 is 0 Å². The van der Waals surface area contributed by atoms with Gasteiger partial charge in [-0.15, -0.1) is 0 Å². The van der Waals surface area contributed by atoms with Crippen LogP contribution in [0.3, 0.4) is 0 Å². The smallest absolute Gasteiger partial charge is 0.123 e. The Balaban J connectivity index is 1.99. The maximum Gasteiger partial charge on any atom is 0.123 e. The molecule has 1 aromatic carbocycles. The lowest BCUT2D eigenvalue weighted by molar-refractivity contribution is 0.438. The molecule has 2 nitrogen and oxygen atoms in total. The van der Waals surface area contributed by atoms with E-state index in [1.165, 1.54) is 18.2 Å². The fourth-order valence-electron chi connectivity index (χ4n) is 3.12. The summed E-state index contributed by atoms with van der Waals surface area (Å²) in [4.78, 5) is 0. The maximum atomic E-state index is 13.2. The number of benzene rings is 1. The molecule has 106 valence electrons. The Morgan fingerprint density at radius 1 is 1.26 bits per heavy atom. The minimum absolute atomic E-state index is 0.0529. The second kappa shape index (κ2) is 4.48. The standard InChI is InChI=1S/C16H24FNO/c1-10(12-8-11(17)6-7-13(12)19)18-9-14-15(2,3)16(14,4)5/h6-8,10,14,18-19H,9H2,1-5H3. The highest BCUT2D eigenvalue weighted by Crippen LogP contribution is 2.68. The summed E-state index contributed by atoms with van der Waals surface area (Å²) < 4.78 is 13.2. The quantitative estimate of drug-likeness (QED) is 0.866. The van der Waals surface area contributed by atoms with Gasteiger partial charge in [-0.1, -0.05) is 27.7 Å². The van der Waals surface area contributed by atoms with E-state index < -0.39 is 0 Å². The SMILES string of the molecule is CC(NCC1C(C)(C)C1(C)C)c1cc(F)ccc1O. The zero-order valence-electron chi connectivity index (χ0n) is 12.4. The van der Waals surface area contributed by atoms with Crippen LogP contribution >= 0.6 is 0 Å². The molecule has 2 rings (SSSR count). The number of hydrogen-bond acceptors (Lipinski definition) is 2. The summed E-state index contributed by atoms with van der Waals surface area (Å²) >= 11 is 0. The molecule has 1 aliphatic carbocycles. The van der Waals surface area contributed by atoms with Crippen LogP contribution in [0, 0.1) is 22.6 Å². The Kier molecular flexibility index (Phi) is 3.38. The minimum Gasteiger partial charge on any atom is -0.508 e. The van der Waals surface area contributed by atoms with Gasteiger partial charge in [-0.25, -0.2) is 4.39 Å². The first-order valence-corrected chi connectivity index (χ1v) is 6.89. The number of phenolic OH excluding ortho intramolecular Hbond substituents is 1. The van der Waals surface area contributed by atoms with Crippen molar-refractivity contribution in [3.63, 3.8) is 0 Å². The van der Waals surface area contributed by atoms with Crippen molar-refractivity contribution in [1.82, 2.24) is 5.32 Å². The molecule has 1 fully saturated rings. The van der Waals surface area contributed by atoms with Gasteiger partial charge < -0.3 is 10.4 Å². The predicted molar refractivity (Wildman–Crippen MR) is 75.5 cm³/mol. The van der Waals surface area contributed by atoms with Crippen LogP contribution in [0.2, 0.25) is 0 Å². The van der Waals surface area contributed by atoms with E-state index in [2.05, 4.69) is 33.0 Å². The van der Waals surface area contributed by atoms with E-state index in [0.29, 0.717) is 22.3 Å². The van der Waals surface area contributed by atoms with Crippen LogP contribution in [0.25, 0.3) is 0 Å². The second-order valence-electron chi connectivity index (χ2n) is 6.83. The van der Waals surface area contributed by atoms with E-state index in [9.17, 15) is 9.50 Å². The molecule has 1 atom stereocenters. The highest BCUT2D eigenvalue weighted by molar-refractivity contribution is 5.35. The Morgan fingerprint density at radius 2 is 1.84 bits per heavy atom. The third kappa shape index (κ3) is 2.36. The first kappa shape index (κ1) is 14.3. The lowest BCUT2D eigenvalue weighted by Crippen LogP contribution is -2.23. The van der Waals surface area contributed by atoms with E-state index in [4.69, 9.17) is 0 Å². The Morgan fingerprint density at radius 3 is 2.37 bits per heavy atom. The summed E-state index contributed by atoms with van der Waals surface area (Å²) in [6, 6.07) is 4.03. The van der Waals surface area contributed by atoms with Crippen LogP contribution in [0.1, 0.15) is 46.2 Å².